The highest BCUT2D eigenvalue weighted by Gasteiger charge is 2.23. The Balaban J connectivity index is 1.30. The third-order valence-electron chi connectivity index (χ3n) is 5.61. The second kappa shape index (κ2) is 9.62. The minimum Gasteiger partial charge on any atom is -0.488 e. The van der Waals surface area contributed by atoms with E-state index in [-0.39, 0.29) is 11.7 Å². The predicted molar refractivity (Wildman–Crippen MR) is 122 cm³/mol. The summed E-state index contributed by atoms with van der Waals surface area (Å²) in [6.45, 7) is 8.18. The van der Waals surface area contributed by atoms with E-state index in [4.69, 9.17) is 4.74 Å². The van der Waals surface area contributed by atoms with Crippen LogP contribution in [0.3, 0.4) is 0 Å². The molecule has 0 unspecified atom stereocenters. The zero-order valence-corrected chi connectivity index (χ0v) is 18.8. The lowest BCUT2D eigenvalue weighted by Gasteiger charge is -2.34. The SMILES string of the molecule is Cc1cccc(C)c1OCc1csc(C(=O)N2CCN(Cc3cccc(F)c3)CC2)c1. The first kappa shape index (κ1) is 21.5. The first-order valence-corrected chi connectivity index (χ1v) is 11.4. The zero-order valence-electron chi connectivity index (χ0n) is 17.9. The molecular formula is C25H27FN2O2S. The van der Waals surface area contributed by atoms with E-state index in [1.54, 1.807) is 12.1 Å². The summed E-state index contributed by atoms with van der Waals surface area (Å²) in [7, 11) is 0. The van der Waals surface area contributed by atoms with Crippen LogP contribution in [0.2, 0.25) is 0 Å². The van der Waals surface area contributed by atoms with Crippen molar-refractivity contribution in [2.24, 2.45) is 0 Å². The fourth-order valence-electron chi connectivity index (χ4n) is 3.90. The van der Waals surface area contributed by atoms with Crippen molar-refractivity contribution in [2.45, 2.75) is 27.0 Å². The predicted octanol–water partition coefficient (Wildman–Crippen LogP) is 5.04. The van der Waals surface area contributed by atoms with Crippen LogP contribution in [0.4, 0.5) is 4.39 Å². The van der Waals surface area contributed by atoms with Gasteiger partial charge in [-0.05, 0) is 54.1 Å². The Kier molecular flexibility index (Phi) is 6.68. The van der Waals surface area contributed by atoms with Crippen LogP contribution in [0.15, 0.2) is 53.9 Å². The Bertz CT molecular complexity index is 1040. The van der Waals surface area contributed by atoms with Gasteiger partial charge in [-0.25, -0.2) is 4.39 Å². The number of para-hydroxylation sites is 1. The van der Waals surface area contributed by atoms with E-state index in [1.165, 1.54) is 17.4 Å². The molecule has 1 saturated heterocycles. The van der Waals surface area contributed by atoms with Gasteiger partial charge in [-0.15, -0.1) is 11.3 Å². The molecule has 0 spiro atoms. The summed E-state index contributed by atoms with van der Waals surface area (Å²) >= 11 is 1.47. The maximum Gasteiger partial charge on any atom is 0.264 e. The lowest BCUT2D eigenvalue weighted by molar-refractivity contribution is 0.0633. The van der Waals surface area contributed by atoms with Gasteiger partial charge in [0.25, 0.3) is 5.91 Å². The standard InChI is InChI=1S/C25H27FN2O2S/c1-18-5-3-6-19(2)24(18)30-16-21-14-23(31-17-21)25(29)28-11-9-27(10-12-28)15-20-7-4-8-22(26)13-20/h3-8,13-14,17H,9-12,15-16H2,1-2H3. The molecule has 0 atom stereocenters. The van der Waals surface area contributed by atoms with Crippen LogP contribution in [0.5, 0.6) is 5.75 Å². The molecule has 0 aliphatic carbocycles. The monoisotopic (exact) mass is 438 g/mol. The van der Waals surface area contributed by atoms with Gasteiger partial charge >= 0.3 is 0 Å². The van der Waals surface area contributed by atoms with Gasteiger partial charge in [-0.1, -0.05) is 30.3 Å². The largest absolute Gasteiger partial charge is 0.488 e. The molecular weight excluding hydrogens is 411 g/mol. The maximum absolute atomic E-state index is 13.4. The van der Waals surface area contributed by atoms with Gasteiger partial charge in [0.1, 0.15) is 18.2 Å². The molecule has 0 N–H and O–H groups in total. The number of hydrogen-bond donors (Lipinski definition) is 0. The van der Waals surface area contributed by atoms with Gasteiger partial charge in [-0.3, -0.25) is 9.69 Å². The number of benzene rings is 2. The molecule has 2 heterocycles. The Morgan fingerprint density at radius 3 is 2.42 bits per heavy atom. The number of carbonyl (C=O) groups is 1. The maximum atomic E-state index is 13.4. The number of thiophene rings is 1. The quantitative estimate of drug-likeness (QED) is 0.541. The normalized spacial score (nSPS) is 14.6. The first-order valence-electron chi connectivity index (χ1n) is 10.5. The second-order valence-electron chi connectivity index (χ2n) is 8.03. The van der Waals surface area contributed by atoms with Crippen LogP contribution in [-0.4, -0.2) is 41.9 Å². The summed E-state index contributed by atoms with van der Waals surface area (Å²) in [5.74, 6) is 0.783. The van der Waals surface area contributed by atoms with Crippen LogP contribution in [-0.2, 0) is 13.2 Å². The van der Waals surface area contributed by atoms with Gasteiger partial charge in [0, 0.05) is 38.3 Å². The summed E-state index contributed by atoms with van der Waals surface area (Å²) in [5, 5.41) is 2.00. The van der Waals surface area contributed by atoms with Crippen molar-refractivity contribution in [3.05, 3.63) is 86.9 Å². The third-order valence-corrected chi connectivity index (χ3v) is 6.58. The first-order chi connectivity index (χ1) is 15.0. The molecule has 4 nitrogen and oxygen atoms in total. The fourth-order valence-corrected chi connectivity index (χ4v) is 4.77. The molecule has 1 aliphatic rings. The molecule has 0 bridgehead atoms. The minimum atomic E-state index is -0.207. The molecule has 31 heavy (non-hydrogen) atoms. The molecule has 162 valence electrons. The highest BCUT2D eigenvalue weighted by atomic mass is 32.1. The third kappa shape index (κ3) is 5.32. The van der Waals surface area contributed by atoms with Crippen molar-refractivity contribution in [2.75, 3.05) is 26.2 Å². The van der Waals surface area contributed by atoms with Gasteiger partial charge in [0.15, 0.2) is 0 Å². The second-order valence-corrected chi connectivity index (χ2v) is 8.94. The van der Waals surface area contributed by atoms with E-state index < -0.39 is 0 Å². The van der Waals surface area contributed by atoms with Crippen molar-refractivity contribution in [3.63, 3.8) is 0 Å². The fraction of sp³-hybridized carbons (Fsp3) is 0.320. The summed E-state index contributed by atoms with van der Waals surface area (Å²) in [5.41, 5.74) is 4.21. The molecule has 0 radical (unpaired) electrons. The van der Waals surface area contributed by atoms with Gasteiger partial charge in [0.2, 0.25) is 0 Å². The number of carbonyl (C=O) groups excluding carboxylic acids is 1. The van der Waals surface area contributed by atoms with E-state index in [1.807, 2.05) is 54.5 Å². The molecule has 2 aromatic carbocycles. The Morgan fingerprint density at radius 1 is 1.00 bits per heavy atom. The summed E-state index contributed by atoms with van der Waals surface area (Å²) in [4.78, 5) is 17.8. The highest BCUT2D eigenvalue weighted by Crippen LogP contribution is 2.25. The van der Waals surface area contributed by atoms with Gasteiger partial charge in [0.05, 0.1) is 4.88 Å². The number of halogens is 1. The molecule has 1 fully saturated rings. The highest BCUT2D eigenvalue weighted by molar-refractivity contribution is 7.12. The number of rotatable bonds is 6. The molecule has 1 aromatic heterocycles. The summed E-state index contributed by atoms with van der Waals surface area (Å²) in [6, 6.07) is 14.8. The average Bonchev–Trinajstić information content (AvgIpc) is 3.22. The minimum absolute atomic E-state index is 0.0775. The molecule has 1 aliphatic heterocycles. The summed E-state index contributed by atoms with van der Waals surface area (Å²) < 4.78 is 19.4. The number of hydrogen-bond acceptors (Lipinski definition) is 4. The number of amides is 1. The van der Waals surface area contributed by atoms with Gasteiger partial charge < -0.3 is 9.64 Å². The molecule has 3 aromatic rings. The van der Waals surface area contributed by atoms with Crippen LogP contribution in [0.25, 0.3) is 0 Å². The number of ether oxygens (including phenoxy) is 1. The van der Waals surface area contributed by atoms with Crippen molar-refractivity contribution in [1.82, 2.24) is 9.80 Å². The van der Waals surface area contributed by atoms with E-state index in [2.05, 4.69) is 4.90 Å². The topological polar surface area (TPSA) is 32.8 Å². The van der Waals surface area contributed by atoms with Gasteiger partial charge in [-0.2, -0.15) is 0 Å². The van der Waals surface area contributed by atoms with E-state index in [9.17, 15) is 9.18 Å². The number of nitrogens with zero attached hydrogens (tertiary/aromatic N) is 2. The van der Waals surface area contributed by atoms with Crippen molar-refractivity contribution < 1.29 is 13.9 Å². The molecule has 4 rings (SSSR count). The smallest absolute Gasteiger partial charge is 0.264 e. The van der Waals surface area contributed by atoms with Crippen LogP contribution in [0, 0.1) is 19.7 Å². The number of aryl methyl sites for hydroxylation is 2. The Hall–Kier alpha value is -2.70. The van der Waals surface area contributed by atoms with E-state index in [0.717, 1.165) is 46.0 Å². The van der Waals surface area contributed by atoms with Crippen LogP contribution < -0.4 is 4.74 Å². The Morgan fingerprint density at radius 2 is 1.71 bits per heavy atom. The van der Waals surface area contributed by atoms with E-state index in [0.29, 0.717) is 26.2 Å². The van der Waals surface area contributed by atoms with Crippen molar-refractivity contribution >= 4 is 17.2 Å². The number of piperazine rings is 1. The molecule has 1 amide bonds. The summed E-state index contributed by atoms with van der Waals surface area (Å²) in [6.07, 6.45) is 0. The van der Waals surface area contributed by atoms with Crippen LogP contribution >= 0.6 is 11.3 Å². The van der Waals surface area contributed by atoms with Crippen molar-refractivity contribution in [1.29, 1.82) is 0 Å². The Labute approximate surface area is 186 Å². The lowest BCUT2D eigenvalue weighted by atomic mass is 10.1. The van der Waals surface area contributed by atoms with Crippen LogP contribution in [0.1, 0.15) is 31.9 Å². The zero-order chi connectivity index (χ0) is 21.8. The average molecular weight is 439 g/mol. The lowest BCUT2D eigenvalue weighted by Crippen LogP contribution is -2.48. The molecule has 0 saturated carbocycles. The van der Waals surface area contributed by atoms with Crippen molar-refractivity contribution in [3.8, 4) is 5.75 Å². The van der Waals surface area contributed by atoms with E-state index >= 15 is 0 Å². The molecule has 6 heteroatoms.